The molecule has 0 saturated carbocycles. The van der Waals surface area contributed by atoms with E-state index in [2.05, 4.69) is 4.74 Å². The standard InChI is InChI=1S/C17H15ClF3NO4S/c1-26-16(23)14(9-11-5-3-2-4-6-11)22-27(24,25)15-8-7-12(18)10-13(15)17(19,20)21/h2-8,10,14,22H,9H2,1H3. The van der Waals surface area contributed by atoms with Crippen LogP contribution in [0.5, 0.6) is 0 Å². The summed E-state index contributed by atoms with van der Waals surface area (Å²) in [6, 6.07) is 9.25. The highest BCUT2D eigenvalue weighted by Gasteiger charge is 2.38. The van der Waals surface area contributed by atoms with Gasteiger partial charge < -0.3 is 4.74 Å². The fourth-order valence-electron chi connectivity index (χ4n) is 2.37. The fraction of sp³-hybridized carbons (Fsp3) is 0.235. The van der Waals surface area contributed by atoms with Gasteiger partial charge in [-0.05, 0) is 30.2 Å². The van der Waals surface area contributed by atoms with Crippen LogP contribution in [0, 0.1) is 0 Å². The summed E-state index contributed by atoms with van der Waals surface area (Å²) in [4.78, 5) is 10.9. The number of carbonyl (C=O) groups excluding carboxylic acids is 1. The van der Waals surface area contributed by atoms with Crippen molar-refractivity contribution in [1.29, 1.82) is 0 Å². The number of halogens is 4. The minimum Gasteiger partial charge on any atom is -0.468 e. The Morgan fingerprint density at radius 3 is 2.37 bits per heavy atom. The quantitative estimate of drug-likeness (QED) is 0.725. The van der Waals surface area contributed by atoms with Crippen LogP contribution < -0.4 is 4.72 Å². The monoisotopic (exact) mass is 421 g/mol. The number of methoxy groups -OCH3 is 1. The zero-order chi connectivity index (χ0) is 20.2. The second-order valence-electron chi connectivity index (χ2n) is 5.52. The van der Waals surface area contributed by atoms with E-state index < -0.39 is 38.7 Å². The molecule has 0 fully saturated rings. The molecular weight excluding hydrogens is 407 g/mol. The molecule has 0 bridgehead atoms. The van der Waals surface area contributed by atoms with Crippen molar-refractivity contribution in [3.63, 3.8) is 0 Å². The lowest BCUT2D eigenvalue weighted by Crippen LogP contribution is -2.43. The summed E-state index contributed by atoms with van der Waals surface area (Å²) < 4.78 is 71.4. The van der Waals surface area contributed by atoms with E-state index >= 15 is 0 Å². The van der Waals surface area contributed by atoms with Crippen molar-refractivity contribution in [2.45, 2.75) is 23.5 Å². The van der Waals surface area contributed by atoms with Gasteiger partial charge in [-0.25, -0.2) is 8.42 Å². The molecule has 10 heteroatoms. The van der Waals surface area contributed by atoms with Gasteiger partial charge in [-0.3, -0.25) is 4.79 Å². The maximum Gasteiger partial charge on any atom is 0.417 e. The fourth-order valence-corrected chi connectivity index (χ4v) is 3.94. The number of benzene rings is 2. The lowest BCUT2D eigenvalue weighted by Gasteiger charge is -2.19. The van der Waals surface area contributed by atoms with Gasteiger partial charge in [0.25, 0.3) is 0 Å². The molecule has 1 unspecified atom stereocenters. The van der Waals surface area contributed by atoms with Crippen LogP contribution in [0.15, 0.2) is 53.4 Å². The van der Waals surface area contributed by atoms with Crippen LogP contribution in [0.2, 0.25) is 5.02 Å². The van der Waals surface area contributed by atoms with Gasteiger partial charge in [-0.15, -0.1) is 0 Å². The molecule has 2 aromatic rings. The second kappa shape index (κ2) is 8.28. The van der Waals surface area contributed by atoms with E-state index in [4.69, 9.17) is 11.6 Å². The normalized spacial score (nSPS) is 13.2. The van der Waals surface area contributed by atoms with Crippen LogP contribution in [0.4, 0.5) is 13.2 Å². The van der Waals surface area contributed by atoms with E-state index in [9.17, 15) is 26.4 Å². The smallest absolute Gasteiger partial charge is 0.417 e. The third kappa shape index (κ3) is 5.44. The average molecular weight is 422 g/mol. The Labute approximate surface area is 159 Å². The molecule has 0 radical (unpaired) electrons. The van der Waals surface area contributed by atoms with Crippen molar-refractivity contribution >= 4 is 27.6 Å². The number of hydrogen-bond acceptors (Lipinski definition) is 4. The third-order valence-electron chi connectivity index (χ3n) is 3.60. The summed E-state index contributed by atoms with van der Waals surface area (Å²) in [5.74, 6) is -0.926. The Morgan fingerprint density at radius 1 is 1.19 bits per heavy atom. The molecule has 1 atom stereocenters. The summed E-state index contributed by atoms with van der Waals surface area (Å²) in [6.07, 6.45) is -5.04. The van der Waals surface area contributed by atoms with Gasteiger partial charge in [0, 0.05) is 5.02 Å². The first-order chi connectivity index (χ1) is 12.5. The molecule has 0 heterocycles. The third-order valence-corrected chi connectivity index (χ3v) is 5.37. The van der Waals surface area contributed by atoms with Crippen molar-refractivity contribution in [3.8, 4) is 0 Å². The number of alkyl halides is 3. The zero-order valence-corrected chi connectivity index (χ0v) is 15.5. The minimum absolute atomic E-state index is 0.0956. The Morgan fingerprint density at radius 2 is 1.81 bits per heavy atom. The van der Waals surface area contributed by atoms with E-state index in [0.717, 1.165) is 19.2 Å². The SMILES string of the molecule is COC(=O)C(Cc1ccccc1)NS(=O)(=O)c1ccc(Cl)cc1C(F)(F)F. The summed E-state index contributed by atoms with van der Waals surface area (Å²) >= 11 is 5.57. The zero-order valence-electron chi connectivity index (χ0n) is 14.0. The van der Waals surface area contributed by atoms with E-state index in [1.165, 1.54) is 0 Å². The van der Waals surface area contributed by atoms with E-state index in [1.807, 2.05) is 4.72 Å². The predicted octanol–water partition coefficient (Wildman–Crippen LogP) is 3.42. The summed E-state index contributed by atoms with van der Waals surface area (Å²) in [6.45, 7) is 0. The number of carbonyl (C=O) groups is 1. The first-order valence-electron chi connectivity index (χ1n) is 7.55. The van der Waals surface area contributed by atoms with Gasteiger partial charge in [0.2, 0.25) is 10.0 Å². The Bertz CT molecular complexity index is 918. The van der Waals surface area contributed by atoms with Crippen LogP contribution in [0.3, 0.4) is 0 Å². The molecule has 0 aliphatic rings. The Hall–Kier alpha value is -2.10. The number of sulfonamides is 1. The molecule has 27 heavy (non-hydrogen) atoms. The van der Waals surface area contributed by atoms with E-state index in [0.29, 0.717) is 11.6 Å². The van der Waals surface area contributed by atoms with Crippen molar-refractivity contribution < 1.29 is 31.1 Å². The van der Waals surface area contributed by atoms with Gasteiger partial charge in [0.1, 0.15) is 6.04 Å². The van der Waals surface area contributed by atoms with Gasteiger partial charge in [0.05, 0.1) is 17.6 Å². The van der Waals surface area contributed by atoms with Gasteiger partial charge in [0.15, 0.2) is 0 Å². The molecule has 1 N–H and O–H groups in total. The largest absolute Gasteiger partial charge is 0.468 e. The molecule has 0 saturated heterocycles. The lowest BCUT2D eigenvalue weighted by atomic mass is 10.1. The Balaban J connectivity index is 2.41. The molecule has 0 amide bonds. The minimum atomic E-state index is -4.95. The van der Waals surface area contributed by atoms with Crippen molar-refractivity contribution in [2.75, 3.05) is 7.11 Å². The molecule has 2 rings (SSSR count). The highest BCUT2D eigenvalue weighted by atomic mass is 35.5. The van der Waals surface area contributed by atoms with Gasteiger partial charge in [-0.1, -0.05) is 41.9 Å². The van der Waals surface area contributed by atoms with Crippen LogP contribution in [-0.2, 0) is 32.2 Å². The van der Waals surface area contributed by atoms with Crippen LogP contribution >= 0.6 is 11.6 Å². The average Bonchev–Trinajstić information content (AvgIpc) is 2.60. The van der Waals surface area contributed by atoms with Gasteiger partial charge >= 0.3 is 12.1 Å². The summed E-state index contributed by atoms with van der Waals surface area (Å²) in [7, 11) is -3.64. The first kappa shape index (κ1) is 21.2. The maximum atomic E-state index is 13.2. The van der Waals surface area contributed by atoms with Crippen molar-refractivity contribution in [3.05, 3.63) is 64.7 Å². The van der Waals surface area contributed by atoms with Crippen LogP contribution in [0.1, 0.15) is 11.1 Å². The van der Waals surface area contributed by atoms with Gasteiger partial charge in [-0.2, -0.15) is 17.9 Å². The van der Waals surface area contributed by atoms with Crippen molar-refractivity contribution in [1.82, 2.24) is 4.72 Å². The molecule has 0 aliphatic heterocycles. The predicted molar refractivity (Wildman–Crippen MR) is 92.7 cm³/mol. The number of rotatable bonds is 6. The van der Waals surface area contributed by atoms with Crippen LogP contribution in [-0.4, -0.2) is 27.5 Å². The maximum absolute atomic E-state index is 13.2. The molecular formula is C17H15ClF3NO4S. The Kier molecular flexibility index (Phi) is 6.50. The first-order valence-corrected chi connectivity index (χ1v) is 9.41. The summed E-state index contributed by atoms with van der Waals surface area (Å²) in [5, 5.41) is -0.268. The number of hydrogen-bond donors (Lipinski definition) is 1. The molecule has 5 nitrogen and oxygen atoms in total. The van der Waals surface area contributed by atoms with Crippen LogP contribution in [0.25, 0.3) is 0 Å². The molecule has 0 aliphatic carbocycles. The highest BCUT2D eigenvalue weighted by Crippen LogP contribution is 2.35. The molecule has 2 aromatic carbocycles. The number of esters is 1. The summed E-state index contributed by atoms with van der Waals surface area (Å²) in [5.41, 5.74) is -0.825. The van der Waals surface area contributed by atoms with E-state index in [1.54, 1.807) is 30.3 Å². The van der Waals surface area contributed by atoms with E-state index in [-0.39, 0.29) is 11.4 Å². The molecule has 0 aromatic heterocycles. The number of nitrogens with one attached hydrogen (secondary N) is 1. The molecule has 0 spiro atoms. The number of ether oxygens (including phenoxy) is 1. The lowest BCUT2D eigenvalue weighted by molar-refractivity contribution is -0.142. The van der Waals surface area contributed by atoms with Crippen molar-refractivity contribution in [2.24, 2.45) is 0 Å². The topological polar surface area (TPSA) is 72.5 Å². The highest BCUT2D eigenvalue weighted by molar-refractivity contribution is 7.89. The second-order valence-corrected chi connectivity index (χ2v) is 7.64. The molecule has 146 valence electrons.